The van der Waals surface area contributed by atoms with Crippen molar-refractivity contribution in [1.82, 2.24) is 14.8 Å². The minimum atomic E-state index is -0.0856. The second-order valence-electron chi connectivity index (χ2n) is 8.83. The molecule has 0 saturated carbocycles. The predicted octanol–water partition coefficient (Wildman–Crippen LogP) is 4.44. The molecule has 6 heteroatoms. The van der Waals surface area contributed by atoms with E-state index in [4.69, 9.17) is 0 Å². The van der Waals surface area contributed by atoms with Crippen molar-refractivity contribution in [2.24, 2.45) is 0 Å². The van der Waals surface area contributed by atoms with Crippen LogP contribution >= 0.6 is 0 Å². The van der Waals surface area contributed by atoms with Crippen LogP contribution in [-0.4, -0.2) is 47.2 Å². The average molecular weight is 451 g/mol. The Morgan fingerprint density at radius 3 is 2.62 bits per heavy atom. The predicted molar refractivity (Wildman–Crippen MR) is 136 cm³/mol. The largest absolute Gasteiger partial charge is 0.338 e. The Balaban J connectivity index is 1.36. The number of nitrogens with zero attached hydrogens (tertiary/aromatic N) is 3. The quantitative estimate of drug-likeness (QED) is 0.369. The first kappa shape index (κ1) is 21.8. The fourth-order valence-corrected chi connectivity index (χ4v) is 4.51. The summed E-state index contributed by atoms with van der Waals surface area (Å²) in [7, 11) is 3.71. The third kappa shape index (κ3) is 4.40. The van der Waals surface area contributed by atoms with E-state index in [0.29, 0.717) is 25.5 Å². The van der Waals surface area contributed by atoms with Crippen molar-refractivity contribution in [1.29, 1.82) is 0 Å². The molecule has 0 bridgehead atoms. The molecule has 3 aromatic carbocycles. The Bertz CT molecular complexity index is 1440. The molecule has 0 spiro atoms. The Morgan fingerprint density at radius 1 is 1.06 bits per heavy atom. The number of hydrogen-bond donors (Lipinski definition) is 1. The normalized spacial score (nSPS) is 14.2. The number of likely N-dealkylation sites (N-methyl/N-ethyl adjacent to an activating group) is 2. The summed E-state index contributed by atoms with van der Waals surface area (Å²) in [4.78, 5) is 32.8. The van der Waals surface area contributed by atoms with E-state index < -0.39 is 0 Å². The number of benzene rings is 3. The average Bonchev–Trinajstić information content (AvgIpc) is 2.98. The molecule has 6 nitrogen and oxygen atoms in total. The third-order valence-corrected chi connectivity index (χ3v) is 6.16. The fraction of sp³-hybridized carbons (Fsp3) is 0.179. The van der Waals surface area contributed by atoms with Crippen molar-refractivity contribution in [3.8, 4) is 0 Å². The lowest BCUT2D eigenvalue weighted by molar-refractivity contribution is -0.125. The molecule has 5 rings (SSSR count). The molecular formula is C28H26N4O2. The number of fused-ring (bicyclic) bond motifs is 4. The monoisotopic (exact) mass is 450 g/mol. The summed E-state index contributed by atoms with van der Waals surface area (Å²) in [6.07, 6.45) is 5.02. The summed E-state index contributed by atoms with van der Waals surface area (Å²) in [5.41, 5.74) is 2.86. The van der Waals surface area contributed by atoms with Crippen molar-refractivity contribution in [2.75, 3.05) is 26.0 Å². The highest BCUT2D eigenvalue weighted by molar-refractivity contribution is 6.09. The van der Waals surface area contributed by atoms with E-state index in [9.17, 15) is 9.59 Å². The minimum absolute atomic E-state index is 0.0740. The van der Waals surface area contributed by atoms with E-state index in [-0.39, 0.29) is 11.8 Å². The maximum absolute atomic E-state index is 12.9. The molecule has 0 atom stereocenters. The number of carbonyl (C=O) groups excluding carboxylic acids is 2. The Morgan fingerprint density at radius 2 is 1.79 bits per heavy atom. The number of carbonyl (C=O) groups is 2. The van der Waals surface area contributed by atoms with Gasteiger partial charge in [-0.05, 0) is 57.9 Å². The van der Waals surface area contributed by atoms with Crippen molar-refractivity contribution in [3.05, 3.63) is 89.6 Å². The number of anilines is 1. The molecule has 1 aliphatic heterocycles. The van der Waals surface area contributed by atoms with E-state index in [1.54, 1.807) is 23.2 Å². The number of hydrogen-bond acceptors (Lipinski definition) is 4. The molecule has 1 aliphatic rings. The Kier molecular flexibility index (Phi) is 5.82. The SMILES string of the molecule is CN1CC(=O)Nc2ncc(/C=C/C(=O)N(C)Cc3cc4ccccc4c4ccccc34)cc2C1. The van der Waals surface area contributed by atoms with Crippen LogP contribution in [0.4, 0.5) is 5.82 Å². The van der Waals surface area contributed by atoms with E-state index in [1.807, 2.05) is 43.3 Å². The summed E-state index contributed by atoms with van der Waals surface area (Å²) in [5.74, 6) is 0.422. The van der Waals surface area contributed by atoms with Gasteiger partial charge >= 0.3 is 0 Å². The lowest BCUT2D eigenvalue weighted by Gasteiger charge is -2.18. The van der Waals surface area contributed by atoms with Gasteiger partial charge in [-0.1, -0.05) is 48.5 Å². The van der Waals surface area contributed by atoms with E-state index in [0.717, 1.165) is 22.1 Å². The van der Waals surface area contributed by atoms with Gasteiger partial charge in [0.1, 0.15) is 5.82 Å². The molecule has 170 valence electrons. The molecule has 1 aromatic heterocycles. The molecule has 2 amide bonds. The van der Waals surface area contributed by atoms with Crippen LogP contribution in [0, 0.1) is 0 Å². The smallest absolute Gasteiger partial charge is 0.246 e. The lowest BCUT2D eigenvalue weighted by atomic mass is 9.97. The van der Waals surface area contributed by atoms with Gasteiger partial charge in [-0.3, -0.25) is 14.5 Å². The molecule has 0 fully saturated rings. The Labute approximate surface area is 198 Å². The summed E-state index contributed by atoms with van der Waals surface area (Å²) >= 11 is 0. The van der Waals surface area contributed by atoms with E-state index >= 15 is 0 Å². The molecule has 0 saturated heterocycles. The third-order valence-electron chi connectivity index (χ3n) is 6.16. The van der Waals surface area contributed by atoms with E-state index in [2.05, 4.69) is 46.7 Å². The number of nitrogens with one attached hydrogen (secondary N) is 1. The van der Waals surface area contributed by atoms with Crippen LogP contribution in [0.1, 0.15) is 16.7 Å². The first-order chi connectivity index (χ1) is 16.5. The van der Waals surface area contributed by atoms with Crippen LogP contribution < -0.4 is 5.32 Å². The van der Waals surface area contributed by atoms with Crippen molar-refractivity contribution >= 4 is 45.3 Å². The number of rotatable bonds is 4. The summed E-state index contributed by atoms with van der Waals surface area (Å²) in [6, 6.07) is 20.8. The summed E-state index contributed by atoms with van der Waals surface area (Å²) in [5, 5.41) is 7.56. The highest BCUT2D eigenvalue weighted by atomic mass is 16.2. The van der Waals surface area contributed by atoms with E-state index in [1.165, 1.54) is 16.2 Å². The van der Waals surface area contributed by atoms with Crippen LogP contribution in [0.15, 0.2) is 72.9 Å². The molecule has 1 N–H and O–H groups in total. The standard InChI is InChI=1S/C28H26N4O2/c1-31-16-22-13-19(15-29-28(22)30-26(33)18-31)11-12-27(34)32(2)17-21-14-20-7-3-4-8-23(20)25-10-6-5-9-24(21)25/h3-15H,16-18H2,1-2H3,(H,29,30,33)/b12-11+. The molecule has 4 aromatic rings. The van der Waals surface area contributed by atoms with Gasteiger partial charge in [-0.15, -0.1) is 0 Å². The van der Waals surface area contributed by atoms with Crippen LogP contribution in [0.3, 0.4) is 0 Å². The zero-order valence-electron chi connectivity index (χ0n) is 19.3. The zero-order valence-corrected chi connectivity index (χ0v) is 19.3. The molecular weight excluding hydrogens is 424 g/mol. The maximum atomic E-state index is 12.9. The second kappa shape index (κ2) is 9.08. The van der Waals surface area contributed by atoms with Crippen LogP contribution in [0.25, 0.3) is 27.6 Å². The second-order valence-corrected chi connectivity index (χ2v) is 8.83. The van der Waals surface area contributed by atoms with Crippen molar-refractivity contribution in [3.63, 3.8) is 0 Å². The summed E-state index contributed by atoms with van der Waals surface area (Å²) < 4.78 is 0. The van der Waals surface area contributed by atoms with Gasteiger partial charge in [0.2, 0.25) is 11.8 Å². The fourth-order valence-electron chi connectivity index (χ4n) is 4.51. The first-order valence-electron chi connectivity index (χ1n) is 11.3. The summed E-state index contributed by atoms with van der Waals surface area (Å²) in [6.45, 7) is 1.45. The van der Waals surface area contributed by atoms with Crippen molar-refractivity contribution < 1.29 is 9.59 Å². The highest BCUT2D eigenvalue weighted by Crippen LogP contribution is 2.29. The van der Waals surface area contributed by atoms with Gasteiger partial charge in [0.05, 0.1) is 6.54 Å². The zero-order chi connectivity index (χ0) is 23.7. The van der Waals surface area contributed by atoms with Crippen molar-refractivity contribution in [2.45, 2.75) is 13.1 Å². The van der Waals surface area contributed by atoms with Gasteiger partial charge in [0.15, 0.2) is 0 Å². The Hall–Kier alpha value is -4.03. The van der Waals surface area contributed by atoms with Gasteiger partial charge in [-0.2, -0.15) is 0 Å². The number of amides is 2. The molecule has 0 radical (unpaired) electrons. The van der Waals surface area contributed by atoms with Crippen LogP contribution in [0.2, 0.25) is 0 Å². The molecule has 34 heavy (non-hydrogen) atoms. The highest BCUT2D eigenvalue weighted by Gasteiger charge is 2.17. The van der Waals surface area contributed by atoms with Crippen LogP contribution in [-0.2, 0) is 22.7 Å². The van der Waals surface area contributed by atoms with Gasteiger partial charge in [-0.25, -0.2) is 4.98 Å². The first-order valence-corrected chi connectivity index (χ1v) is 11.3. The van der Waals surface area contributed by atoms with Gasteiger partial charge in [0, 0.05) is 38.0 Å². The molecule has 0 unspecified atom stereocenters. The number of aromatic nitrogens is 1. The number of pyridine rings is 1. The van der Waals surface area contributed by atoms with Gasteiger partial charge in [0.25, 0.3) is 0 Å². The lowest BCUT2D eigenvalue weighted by Crippen LogP contribution is -2.26. The minimum Gasteiger partial charge on any atom is -0.338 e. The molecule has 2 heterocycles. The maximum Gasteiger partial charge on any atom is 0.246 e. The topological polar surface area (TPSA) is 65.5 Å². The van der Waals surface area contributed by atoms with Crippen LogP contribution in [0.5, 0.6) is 0 Å². The van der Waals surface area contributed by atoms with Gasteiger partial charge < -0.3 is 10.2 Å². The molecule has 0 aliphatic carbocycles.